The molecule has 16 heavy (non-hydrogen) atoms. The molecule has 0 saturated carbocycles. The maximum atomic E-state index is 11.9. The summed E-state index contributed by atoms with van der Waals surface area (Å²) < 4.78 is 15.0. The lowest BCUT2D eigenvalue weighted by Crippen LogP contribution is -2.27. The van der Waals surface area contributed by atoms with Crippen LogP contribution in [0.2, 0.25) is 0 Å². The third kappa shape index (κ3) is 4.29. The Morgan fingerprint density at radius 1 is 1.44 bits per heavy atom. The number of allylic oxidation sites excluding steroid dienone is 1. The molecular weight excluding hydrogens is 218 g/mol. The zero-order valence-electron chi connectivity index (χ0n) is 9.90. The maximum absolute atomic E-state index is 11.9. The van der Waals surface area contributed by atoms with Gasteiger partial charge in [0.05, 0.1) is 4.90 Å². The lowest BCUT2D eigenvalue weighted by Gasteiger charge is -2.12. The molecule has 0 radical (unpaired) electrons. The number of hydrogen-bond acceptors (Lipinski definition) is 1. The molecule has 1 aromatic rings. The molecule has 0 spiro atoms. The number of aryl methyl sites for hydroxylation is 1. The van der Waals surface area contributed by atoms with Crippen LogP contribution in [0.4, 0.5) is 0 Å². The summed E-state index contributed by atoms with van der Waals surface area (Å²) in [6, 6.07) is 7.99. The molecule has 1 rings (SSSR count). The first-order chi connectivity index (χ1) is 7.63. The lowest BCUT2D eigenvalue weighted by molar-refractivity contribution is 0.606. The molecule has 1 unspecified atom stereocenters. The van der Waals surface area contributed by atoms with Crippen molar-refractivity contribution in [3.8, 4) is 0 Å². The van der Waals surface area contributed by atoms with Crippen LogP contribution in [0.5, 0.6) is 0 Å². The Kier molecular flexibility index (Phi) is 5.43. The highest BCUT2D eigenvalue weighted by Gasteiger charge is 2.07. The third-order valence-corrected chi connectivity index (χ3v) is 3.66. The van der Waals surface area contributed by atoms with Crippen LogP contribution < -0.4 is 4.72 Å². The second kappa shape index (κ2) is 6.61. The molecule has 88 valence electrons. The van der Waals surface area contributed by atoms with E-state index < -0.39 is 11.0 Å². The van der Waals surface area contributed by atoms with E-state index in [9.17, 15) is 4.21 Å². The van der Waals surface area contributed by atoms with Crippen LogP contribution in [0.25, 0.3) is 0 Å². The first-order valence-corrected chi connectivity index (χ1v) is 6.64. The minimum absolute atomic E-state index is 0.236. The fourth-order valence-corrected chi connectivity index (χ4v) is 2.34. The fourth-order valence-electron chi connectivity index (χ4n) is 1.34. The Balaban J connectivity index is 2.51. The van der Waals surface area contributed by atoms with Crippen LogP contribution in [-0.4, -0.2) is 10.3 Å². The highest BCUT2D eigenvalue weighted by atomic mass is 32.2. The molecule has 0 aliphatic rings. The van der Waals surface area contributed by atoms with Gasteiger partial charge in [-0.25, -0.2) is 8.93 Å². The molecule has 0 bridgehead atoms. The van der Waals surface area contributed by atoms with Crippen molar-refractivity contribution in [1.82, 2.24) is 4.72 Å². The van der Waals surface area contributed by atoms with Gasteiger partial charge >= 0.3 is 0 Å². The van der Waals surface area contributed by atoms with Crippen molar-refractivity contribution in [2.45, 2.75) is 37.6 Å². The first kappa shape index (κ1) is 13.1. The van der Waals surface area contributed by atoms with Gasteiger partial charge in [0.15, 0.2) is 0 Å². The van der Waals surface area contributed by atoms with E-state index in [-0.39, 0.29) is 6.04 Å². The normalized spacial score (nSPS) is 14.4. The second-order valence-electron chi connectivity index (χ2n) is 3.97. The SMILES string of the molecule is C=CCC[C@@H](C)NS(=O)c1ccc(C)cc1. The van der Waals surface area contributed by atoms with Crippen molar-refractivity contribution >= 4 is 11.0 Å². The van der Waals surface area contributed by atoms with Gasteiger partial charge in [-0.3, -0.25) is 0 Å². The van der Waals surface area contributed by atoms with Gasteiger partial charge in [0, 0.05) is 6.04 Å². The minimum Gasteiger partial charge on any atom is -0.237 e. The average molecular weight is 237 g/mol. The minimum atomic E-state index is -1.11. The highest BCUT2D eigenvalue weighted by molar-refractivity contribution is 7.83. The van der Waals surface area contributed by atoms with Crippen LogP contribution in [0.3, 0.4) is 0 Å². The van der Waals surface area contributed by atoms with Crippen LogP contribution in [-0.2, 0) is 11.0 Å². The molecule has 2 nitrogen and oxygen atoms in total. The zero-order valence-corrected chi connectivity index (χ0v) is 10.7. The van der Waals surface area contributed by atoms with E-state index in [4.69, 9.17) is 0 Å². The number of benzene rings is 1. The van der Waals surface area contributed by atoms with Crippen molar-refractivity contribution in [2.24, 2.45) is 0 Å². The molecular formula is C13H19NOS. The van der Waals surface area contributed by atoms with Gasteiger partial charge in [0.25, 0.3) is 0 Å². The summed E-state index contributed by atoms with van der Waals surface area (Å²) in [5.41, 5.74) is 1.18. The Hall–Kier alpha value is -0.930. The van der Waals surface area contributed by atoms with Crippen LogP contribution in [0, 0.1) is 6.92 Å². The molecule has 0 heterocycles. The monoisotopic (exact) mass is 237 g/mol. The zero-order chi connectivity index (χ0) is 12.0. The molecule has 2 atom stereocenters. The molecule has 0 aliphatic carbocycles. The molecule has 1 N–H and O–H groups in total. The predicted octanol–water partition coefficient (Wildman–Crippen LogP) is 2.96. The molecule has 1 aromatic carbocycles. The lowest BCUT2D eigenvalue weighted by atomic mass is 10.2. The number of rotatable bonds is 6. The van der Waals surface area contributed by atoms with Gasteiger partial charge in [0.1, 0.15) is 11.0 Å². The summed E-state index contributed by atoms with van der Waals surface area (Å²) >= 11 is 0. The largest absolute Gasteiger partial charge is 0.237 e. The molecule has 0 aliphatic heterocycles. The highest BCUT2D eigenvalue weighted by Crippen LogP contribution is 2.08. The standard InChI is InChI=1S/C13H19NOS/c1-4-5-6-12(3)14-16(15)13-9-7-11(2)8-10-13/h4,7-10,12,14H,1,5-6H2,2-3H3/t12-,16?/m1/s1. The second-order valence-corrected chi connectivity index (χ2v) is 5.21. The van der Waals surface area contributed by atoms with E-state index in [0.717, 1.165) is 17.7 Å². The number of nitrogens with one attached hydrogen (secondary N) is 1. The topological polar surface area (TPSA) is 29.1 Å². The Morgan fingerprint density at radius 3 is 2.62 bits per heavy atom. The summed E-state index contributed by atoms with van der Waals surface area (Å²) in [4.78, 5) is 0.830. The van der Waals surface area contributed by atoms with E-state index in [1.807, 2.05) is 44.2 Å². The van der Waals surface area contributed by atoms with Crippen molar-refractivity contribution in [2.75, 3.05) is 0 Å². The van der Waals surface area contributed by atoms with Crippen molar-refractivity contribution in [1.29, 1.82) is 0 Å². The van der Waals surface area contributed by atoms with E-state index >= 15 is 0 Å². The maximum Gasteiger partial charge on any atom is 0.125 e. The third-order valence-electron chi connectivity index (χ3n) is 2.35. The quantitative estimate of drug-likeness (QED) is 0.757. The average Bonchev–Trinajstić information content (AvgIpc) is 2.27. The van der Waals surface area contributed by atoms with Crippen molar-refractivity contribution in [3.05, 3.63) is 42.5 Å². The van der Waals surface area contributed by atoms with Crippen molar-refractivity contribution < 1.29 is 4.21 Å². The fraction of sp³-hybridized carbons (Fsp3) is 0.385. The van der Waals surface area contributed by atoms with E-state index in [1.54, 1.807) is 0 Å². The first-order valence-electron chi connectivity index (χ1n) is 5.49. The molecule has 0 fully saturated rings. The molecule has 0 amide bonds. The van der Waals surface area contributed by atoms with Gasteiger partial charge in [-0.1, -0.05) is 23.8 Å². The van der Waals surface area contributed by atoms with E-state index in [2.05, 4.69) is 11.3 Å². The summed E-state index contributed by atoms with van der Waals surface area (Å²) in [5.74, 6) is 0. The molecule has 0 saturated heterocycles. The Bertz CT molecular complexity index is 359. The summed E-state index contributed by atoms with van der Waals surface area (Å²) in [6.45, 7) is 7.73. The van der Waals surface area contributed by atoms with Gasteiger partial charge in [-0.2, -0.15) is 0 Å². The van der Waals surface area contributed by atoms with Gasteiger partial charge in [-0.05, 0) is 38.8 Å². The van der Waals surface area contributed by atoms with Gasteiger partial charge in [-0.15, -0.1) is 6.58 Å². The van der Waals surface area contributed by atoms with E-state index in [0.29, 0.717) is 0 Å². The van der Waals surface area contributed by atoms with Crippen LogP contribution in [0.15, 0.2) is 41.8 Å². The number of hydrogen-bond donors (Lipinski definition) is 1. The summed E-state index contributed by atoms with van der Waals surface area (Å²) in [7, 11) is -1.11. The Morgan fingerprint density at radius 2 is 2.06 bits per heavy atom. The summed E-state index contributed by atoms with van der Waals surface area (Å²) in [6.07, 6.45) is 3.79. The molecule has 3 heteroatoms. The van der Waals surface area contributed by atoms with Crippen LogP contribution >= 0.6 is 0 Å². The van der Waals surface area contributed by atoms with Crippen molar-refractivity contribution in [3.63, 3.8) is 0 Å². The van der Waals surface area contributed by atoms with Crippen LogP contribution in [0.1, 0.15) is 25.3 Å². The summed E-state index contributed by atoms with van der Waals surface area (Å²) in [5, 5.41) is 0. The Labute approximate surface area is 100 Å². The smallest absolute Gasteiger partial charge is 0.125 e. The molecule has 0 aromatic heterocycles. The van der Waals surface area contributed by atoms with E-state index in [1.165, 1.54) is 5.56 Å². The van der Waals surface area contributed by atoms with Gasteiger partial charge in [0.2, 0.25) is 0 Å². The predicted molar refractivity (Wildman–Crippen MR) is 69.6 cm³/mol. The van der Waals surface area contributed by atoms with Gasteiger partial charge < -0.3 is 0 Å².